The highest BCUT2D eigenvalue weighted by molar-refractivity contribution is 7.88. The van der Waals surface area contributed by atoms with Gasteiger partial charge in [0.1, 0.15) is 0 Å². The van der Waals surface area contributed by atoms with E-state index in [2.05, 4.69) is 30.4 Å². The summed E-state index contributed by atoms with van der Waals surface area (Å²) in [6.07, 6.45) is 0. The lowest BCUT2D eigenvalue weighted by molar-refractivity contribution is 0.265. The van der Waals surface area contributed by atoms with Crippen molar-refractivity contribution in [2.75, 3.05) is 13.1 Å². The van der Waals surface area contributed by atoms with Gasteiger partial charge in [-0.15, -0.1) is 0 Å². The van der Waals surface area contributed by atoms with Crippen molar-refractivity contribution in [3.05, 3.63) is 35.4 Å². The number of hydrogen-bond donors (Lipinski definition) is 1. The van der Waals surface area contributed by atoms with E-state index in [1.807, 2.05) is 6.07 Å². The maximum atomic E-state index is 12.4. The van der Waals surface area contributed by atoms with Gasteiger partial charge in [-0.05, 0) is 37.5 Å². The van der Waals surface area contributed by atoms with E-state index in [1.54, 1.807) is 24.3 Å². The molecule has 2 rings (SSSR count). The maximum absolute atomic E-state index is 12.4. The van der Waals surface area contributed by atoms with Crippen molar-refractivity contribution in [1.29, 1.82) is 5.26 Å². The van der Waals surface area contributed by atoms with Gasteiger partial charge in [0.25, 0.3) is 0 Å². The summed E-state index contributed by atoms with van der Waals surface area (Å²) in [6.45, 7) is 7.98. The summed E-state index contributed by atoms with van der Waals surface area (Å²) >= 11 is 0. The van der Waals surface area contributed by atoms with Crippen LogP contribution in [0.4, 0.5) is 0 Å². The Morgan fingerprint density at radius 2 is 2.14 bits per heavy atom. The van der Waals surface area contributed by atoms with E-state index >= 15 is 0 Å². The molecule has 0 bridgehead atoms. The first-order valence-corrected chi connectivity index (χ1v) is 9.19. The fourth-order valence-corrected chi connectivity index (χ4v) is 4.27. The summed E-state index contributed by atoms with van der Waals surface area (Å²) in [4.78, 5) is 2.29. The third-order valence-corrected chi connectivity index (χ3v) is 5.49. The van der Waals surface area contributed by atoms with Gasteiger partial charge >= 0.3 is 0 Å². The lowest BCUT2D eigenvalue weighted by Crippen LogP contribution is -2.41. The molecular weight excluding hydrogens is 298 g/mol. The second-order valence-electron chi connectivity index (χ2n) is 6.32. The number of sulfonamides is 1. The van der Waals surface area contributed by atoms with Gasteiger partial charge in [-0.25, -0.2) is 13.1 Å². The Bertz CT molecular complexity index is 664. The minimum Gasteiger partial charge on any atom is -0.299 e. The van der Waals surface area contributed by atoms with Gasteiger partial charge in [-0.1, -0.05) is 19.1 Å². The van der Waals surface area contributed by atoms with Crippen molar-refractivity contribution >= 4 is 10.0 Å². The van der Waals surface area contributed by atoms with Crippen LogP contribution in [-0.4, -0.2) is 38.5 Å². The van der Waals surface area contributed by atoms with Gasteiger partial charge in [0.2, 0.25) is 10.0 Å². The second-order valence-corrected chi connectivity index (χ2v) is 8.07. The first-order valence-electron chi connectivity index (χ1n) is 7.54. The van der Waals surface area contributed by atoms with Crippen LogP contribution in [0.1, 0.15) is 31.9 Å². The Hall–Kier alpha value is -1.42. The molecule has 0 saturated carbocycles. The normalized spacial score (nSPS) is 22.9. The highest BCUT2D eigenvalue weighted by atomic mass is 32.2. The Morgan fingerprint density at radius 3 is 2.73 bits per heavy atom. The smallest absolute Gasteiger partial charge is 0.216 e. The zero-order valence-corrected chi connectivity index (χ0v) is 14.1. The highest BCUT2D eigenvalue weighted by Crippen LogP contribution is 2.20. The van der Waals surface area contributed by atoms with Crippen LogP contribution in [0.25, 0.3) is 0 Å². The van der Waals surface area contributed by atoms with Crippen molar-refractivity contribution in [3.8, 4) is 6.07 Å². The van der Waals surface area contributed by atoms with Gasteiger partial charge in [0.05, 0.1) is 17.4 Å². The van der Waals surface area contributed by atoms with E-state index in [4.69, 9.17) is 5.26 Å². The Kier molecular flexibility index (Phi) is 5.22. The van der Waals surface area contributed by atoms with Gasteiger partial charge in [-0.3, -0.25) is 4.90 Å². The van der Waals surface area contributed by atoms with Gasteiger partial charge in [0, 0.05) is 25.2 Å². The number of hydrogen-bond acceptors (Lipinski definition) is 4. The fraction of sp³-hybridized carbons (Fsp3) is 0.562. The quantitative estimate of drug-likeness (QED) is 0.896. The van der Waals surface area contributed by atoms with Crippen molar-refractivity contribution in [2.45, 2.75) is 38.6 Å². The standard InChI is InChI=1S/C16H23N3O2S/c1-12(2)19-9-13(3)16(10-19)18-22(20,21)11-15-6-4-5-14(7-15)8-17/h4-7,12-13,16,18H,9-11H2,1-3H3/t13-,16-/m1/s1. The third kappa shape index (κ3) is 4.29. The van der Waals surface area contributed by atoms with Crippen LogP contribution in [0.2, 0.25) is 0 Å². The SMILES string of the molecule is CC(C)N1C[C@@H](C)[C@H](NS(=O)(=O)Cc2cccc(C#N)c2)C1. The van der Waals surface area contributed by atoms with Crippen molar-refractivity contribution < 1.29 is 8.42 Å². The zero-order chi connectivity index (χ0) is 16.3. The molecule has 0 aliphatic carbocycles. The number of nitrogens with zero attached hydrogens (tertiary/aromatic N) is 2. The Morgan fingerprint density at radius 1 is 1.41 bits per heavy atom. The number of rotatable bonds is 5. The molecule has 0 spiro atoms. The number of likely N-dealkylation sites (tertiary alicyclic amines) is 1. The van der Waals surface area contributed by atoms with E-state index in [0.717, 1.165) is 13.1 Å². The molecule has 0 unspecified atom stereocenters. The highest BCUT2D eigenvalue weighted by Gasteiger charge is 2.33. The van der Waals surface area contributed by atoms with Crippen molar-refractivity contribution in [2.24, 2.45) is 5.92 Å². The van der Waals surface area contributed by atoms with E-state index in [-0.39, 0.29) is 11.8 Å². The monoisotopic (exact) mass is 321 g/mol. The lowest BCUT2D eigenvalue weighted by Gasteiger charge is -2.20. The minimum absolute atomic E-state index is 0.0495. The van der Waals surface area contributed by atoms with E-state index in [9.17, 15) is 8.42 Å². The van der Waals surface area contributed by atoms with Crippen LogP contribution in [0.3, 0.4) is 0 Å². The number of nitriles is 1. The largest absolute Gasteiger partial charge is 0.299 e. The van der Waals surface area contributed by atoms with E-state index in [1.165, 1.54) is 0 Å². The molecule has 1 heterocycles. The van der Waals surface area contributed by atoms with Crippen molar-refractivity contribution in [3.63, 3.8) is 0 Å². The van der Waals surface area contributed by atoms with Crippen LogP contribution in [-0.2, 0) is 15.8 Å². The molecule has 1 aromatic carbocycles. The molecule has 1 aromatic rings. The second kappa shape index (κ2) is 6.78. The molecular formula is C16H23N3O2S. The van der Waals surface area contributed by atoms with Gasteiger partial charge < -0.3 is 0 Å². The first kappa shape index (κ1) is 16.9. The molecule has 22 heavy (non-hydrogen) atoms. The molecule has 5 nitrogen and oxygen atoms in total. The summed E-state index contributed by atoms with van der Waals surface area (Å²) in [5.74, 6) is 0.204. The number of benzene rings is 1. The predicted molar refractivity (Wildman–Crippen MR) is 86.6 cm³/mol. The third-order valence-electron chi connectivity index (χ3n) is 4.11. The fourth-order valence-electron chi connectivity index (χ4n) is 2.80. The summed E-state index contributed by atoms with van der Waals surface area (Å²) < 4.78 is 27.6. The zero-order valence-electron chi connectivity index (χ0n) is 13.3. The molecule has 1 aliphatic heterocycles. The molecule has 0 aromatic heterocycles. The molecule has 0 radical (unpaired) electrons. The van der Waals surface area contributed by atoms with E-state index in [0.29, 0.717) is 23.1 Å². The molecule has 120 valence electrons. The summed E-state index contributed by atoms with van der Waals surface area (Å²) in [6, 6.07) is 9.14. The maximum Gasteiger partial charge on any atom is 0.216 e. The van der Waals surface area contributed by atoms with Crippen molar-refractivity contribution in [1.82, 2.24) is 9.62 Å². The Balaban J connectivity index is 2.04. The van der Waals surface area contributed by atoms with Crippen LogP contribution < -0.4 is 4.72 Å². The first-order chi connectivity index (χ1) is 10.3. The molecule has 2 atom stereocenters. The lowest BCUT2D eigenvalue weighted by atomic mass is 10.1. The predicted octanol–water partition coefficient (Wildman–Crippen LogP) is 1.71. The molecule has 1 N–H and O–H groups in total. The molecule has 0 amide bonds. The van der Waals surface area contributed by atoms with Crippen LogP contribution in [0.5, 0.6) is 0 Å². The van der Waals surface area contributed by atoms with Gasteiger partial charge in [0.15, 0.2) is 0 Å². The summed E-state index contributed by atoms with van der Waals surface area (Å²) in [5, 5.41) is 8.89. The van der Waals surface area contributed by atoms with Crippen LogP contribution in [0, 0.1) is 17.2 Å². The molecule has 1 fully saturated rings. The summed E-state index contributed by atoms with van der Waals surface area (Å²) in [7, 11) is -3.41. The Labute approximate surface area is 133 Å². The van der Waals surface area contributed by atoms with Gasteiger partial charge in [-0.2, -0.15) is 5.26 Å². The average Bonchev–Trinajstić information content (AvgIpc) is 2.79. The van der Waals surface area contributed by atoms with Crippen LogP contribution in [0.15, 0.2) is 24.3 Å². The topological polar surface area (TPSA) is 73.2 Å². The molecule has 1 saturated heterocycles. The number of nitrogens with one attached hydrogen (secondary N) is 1. The van der Waals surface area contributed by atoms with Crippen LogP contribution >= 0.6 is 0 Å². The minimum atomic E-state index is -3.41. The van der Waals surface area contributed by atoms with E-state index < -0.39 is 10.0 Å². The molecule has 1 aliphatic rings. The average molecular weight is 321 g/mol. The molecule has 6 heteroatoms. The summed E-state index contributed by atoms with van der Waals surface area (Å²) in [5.41, 5.74) is 1.12.